The smallest absolute Gasteiger partial charge is 0.310 e. The monoisotopic (exact) mass is 224 g/mol. The SMILES string of the molecule is C=C(C)c1cc(Cl)cc(C(C)C(=O)O)c1. The second-order valence-electron chi connectivity index (χ2n) is 3.61. The van der Waals surface area contributed by atoms with Crippen LogP contribution in [-0.4, -0.2) is 11.1 Å². The van der Waals surface area contributed by atoms with Crippen molar-refractivity contribution in [2.75, 3.05) is 0 Å². The predicted molar refractivity (Wildman–Crippen MR) is 62.2 cm³/mol. The summed E-state index contributed by atoms with van der Waals surface area (Å²) >= 11 is 5.91. The Bertz CT molecular complexity index is 410. The molecule has 0 aromatic heterocycles. The lowest BCUT2D eigenvalue weighted by atomic mass is 9.97. The lowest BCUT2D eigenvalue weighted by Gasteiger charge is -2.09. The Morgan fingerprint density at radius 1 is 1.47 bits per heavy atom. The van der Waals surface area contributed by atoms with E-state index in [9.17, 15) is 4.79 Å². The number of carbonyl (C=O) groups is 1. The lowest BCUT2D eigenvalue weighted by molar-refractivity contribution is -0.138. The second kappa shape index (κ2) is 4.49. The molecule has 3 heteroatoms. The summed E-state index contributed by atoms with van der Waals surface area (Å²) in [6.45, 7) is 7.30. The van der Waals surface area contributed by atoms with Crippen LogP contribution in [0, 0.1) is 0 Å². The van der Waals surface area contributed by atoms with Crippen molar-refractivity contribution in [2.45, 2.75) is 19.8 Å². The van der Waals surface area contributed by atoms with Crippen molar-refractivity contribution in [3.8, 4) is 0 Å². The Morgan fingerprint density at radius 3 is 2.53 bits per heavy atom. The number of carboxylic acid groups (broad SMARTS) is 1. The predicted octanol–water partition coefficient (Wildman–Crippen LogP) is 3.56. The van der Waals surface area contributed by atoms with Gasteiger partial charge in [-0.05, 0) is 37.1 Å². The summed E-state index contributed by atoms with van der Waals surface area (Å²) in [6.07, 6.45) is 0. The van der Waals surface area contributed by atoms with Gasteiger partial charge in [0.1, 0.15) is 0 Å². The molecule has 1 aromatic rings. The van der Waals surface area contributed by atoms with Crippen LogP contribution in [0.4, 0.5) is 0 Å². The minimum absolute atomic E-state index is 0.540. The first-order chi connectivity index (χ1) is 6.91. The molecule has 0 spiro atoms. The highest BCUT2D eigenvalue weighted by atomic mass is 35.5. The van der Waals surface area contributed by atoms with Gasteiger partial charge in [-0.25, -0.2) is 0 Å². The molecule has 15 heavy (non-hydrogen) atoms. The molecule has 0 amide bonds. The molecule has 0 fully saturated rings. The third kappa shape index (κ3) is 2.83. The van der Waals surface area contributed by atoms with E-state index < -0.39 is 11.9 Å². The van der Waals surface area contributed by atoms with E-state index in [1.165, 1.54) is 0 Å². The lowest BCUT2D eigenvalue weighted by Crippen LogP contribution is -2.07. The average Bonchev–Trinajstić information content (AvgIpc) is 2.15. The molecule has 0 saturated carbocycles. The standard InChI is InChI=1S/C12H13ClO2/c1-7(2)9-4-10(6-11(13)5-9)8(3)12(14)15/h4-6,8H,1H2,2-3H3,(H,14,15). The maximum Gasteiger partial charge on any atom is 0.310 e. The zero-order valence-corrected chi connectivity index (χ0v) is 9.51. The Labute approximate surface area is 94.2 Å². The van der Waals surface area contributed by atoms with Crippen LogP contribution in [0.3, 0.4) is 0 Å². The van der Waals surface area contributed by atoms with Crippen LogP contribution < -0.4 is 0 Å². The minimum Gasteiger partial charge on any atom is -0.481 e. The minimum atomic E-state index is -0.857. The maximum atomic E-state index is 10.8. The van der Waals surface area contributed by atoms with E-state index in [1.807, 2.05) is 13.0 Å². The molecule has 0 heterocycles. The van der Waals surface area contributed by atoms with Gasteiger partial charge in [0, 0.05) is 5.02 Å². The van der Waals surface area contributed by atoms with Gasteiger partial charge in [0.2, 0.25) is 0 Å². The molecule has 80 valence electrons. The van der Waals surface area contributed by atoms with E-state index in [0.29, 0.717) is 10.6 Å². The van der Waals surface area contributed by atoms with Gasteiger partial charge in [0.05, 0.1) is 5.92 Å². The summed E-state index contributed by atoms with van der Waals surface area (Å²) in [4.78, 5) is 10.8. The first kappa shape index (κ1) is 11.8. The Kier molecular flexibility index (Phi) is 3.53. The van der Waals surface area contributed by atoms with Gasteiger partial charge in [-0.1, -0.05) is 29.8 Å². The summed E-state index contributed by atoms with van der Waals surface area (Å²) in [5.41, 5.74) is 2.45. The summed E-state index contributed by atoms with van der Waals surface area (Å²) in [7, 11) is 0. The number of aliphatic carboxylic acids is 1. The number of halogens is 1. The van der Waals surface area contributed by atoms with Gasteiger partial charge >= 0.3 is 5.97 Å². The van der Waals surface area contributed by atoms with Crippen molar-refractivity contribution < 1.29 is 9.90 Å². The van der Waals surface area contributed by atoms with Gasteiger partial charge < -0.3 is 5.11 Å². The highest BCUT2D eigenvalue weighted by Crippen LogP contribution is 2.25. The van der Waals surface area contributed by atoms with Gasteiger partial charge in [0.25, 0.3) is 0 Å². The van der Waals surface area contributed by atoms with Crippen molar-refractivity contribution in [2.24, 2.45) is 0 Å². The Morgan fingerprint density at radius 2 is 2.07 bits per heavy atom. The Hall–Kier alpha value is -1.28. The van der Waals surface area contributed by atoms with E-state index in [2.05, 4.69) is 6.58 Å². The molecule has 1 atom stereocenters. The fraction of sp³-hybridized carbons (Fsp3) is 0.250. The van der Waals surface area contributed by atoms with Crippen LogP contribution in [0.5, 0.6) is 0 Å². The van der Waals surface area contributed by atoms with Crippen molar-refractivity contribution in [3.05, 3.63) is 40.9 Å². The zero-order valence-electron chi connectivity index (χ0n) is 8.75. The second-order valence-corrected chi connectivity index (χ2v) is 4.05. The summed E-state index contributed by atoms with van der Waals surface area (Å²) in [6, 6.07) is 5.27. The average molecular weight is 225 g/mol. The molecule has 2 nitrogen and oxygen atoms in total. The van der Waals surface area contributed by atoms with Crippen molar-refractivity contribution in [3.63, 3.8) is 0 Å². The van der Waals surface area contributed by atoms with E-state index in [1.54, 1.807) is 19.1 Å². The third-order valence-electron chi connectivity index (χ3n) is 2.28. The van der Waals surface area contributed by atoms with Crippen LogP contribution in [0.1, 0.15) is 30.9 Å². The molecule has 0 aliphatic rings. The fourth-order valence-electron chi connectivity index (χ4n) is 1.25. The van der Waals surface area contributed by atoms with E-state index >= 15 is 0 Å². The molecule has 0 aliphatic heterocycles. The van der Waals surface area contributed by atoms with Gasteiger partial charge in [-0.15, -0.1) is 0 Å². The molecule has 1 aromatic carbocycles. The number of allylic oxidation sites excluding steroid dienone is 1. The molecular weight excluding hydrogens is 212 g/mol. The molecular formula is C12H13ClO2. The molecule has 1 N–H and O–H groups in total. The number of benzene rings is 1. The third-order valence-corrected chi connectivity index (χ3v) is 2.50. The topological polar surface area (TPSA) is 37.3 Å². The molecule has 0 bridgehead atoms. The van der Waals surface area contributed by atoms with Crippen molar-refractivity contribution >= 4 is 23.1 Å². The molecule has 1 rings (SSSR count). The maximum absolute atomic E-state index is 10.8. The van der Waals surface area contributed by atoms with Crippen LogP contribution >= 0.6 is 11.6 Å². The van der Waals surface area contributed by atoms with E-state index in [-0.39, 0.29) is 0 Å². The molecule has 0 radical (unpaired) electrons. The summed E-state index contributed by atoms with van der Waals surface area (Å²) in [5, 5.41) is 9.43. The number of hydrogen-bond acceptors (Lipinski definition) is 1. The van der Waals surface area contributed by atoms with Crippen LogP contribution in [0.2, 0.25) is 5.02 Å². The highest BCUT2D eigenvalue weighted by molar-refractivity contribution is 6.30. The fourth-order valence-corrected chi connectivity index (χ4v) is 1.49. The van der Waals surface area contributed by atoms with Crippen LogP contribution in [-0.2, 0) is 4.79 Å². The largest absolute Gasteiger partial charge is 0.481 e. The van der Waals surface area contributed by atoms with Gasteiger partial charge in [-0.3, -0.25) is 4.79 Å². The van der Waals surface area contributed by atoms with E-state index in [0.717, 1.165) is 11.1 Å². The summed E-state index contributed by atoms with van der Waals surface area (Å²) < 4.78 is 0. The number of hydrogen-bond donors (Lipinski definition) is 1. The number of carboxylic acids is 1. The van der Waals surface area contributed by atoms with E-state index in [4.69, 9.17) is 16.7 Å². The molecule has 0 aliphatic carbocycles. The number of rotatable bonds is 3. The van der Waals surface area contributed by atoms with Crippen molar-refractivity contribution in [1.82, 2.24) is 0 Å². The first-order valence-electron chi connectivity index (χ1n) is 4.61. The Balaban J connectivity index is 3.20. The van der Waals surface area contributed by atoms with Gasteiger partial charge in [0.15, 0.2) is 0 Å². The highest BCUT2D eigenvalue weighted by Gasteiger charge is 2.14. The molecule has 1 unspecified atom stereocenters. The normalized spacial score (nSPS) is 12.2. The van der Waals surface area contributed by atoms with Crippen molar-refractivity contribution in [1.29, 1.82) is 0 Å². The quantitative estimate of drug-likeness (QED) is 0.853. The summed E-state index contributed by atoms with van der Waals surface area (Å²) in [5.74, 6) is -1.41. The zero-order chi connectivity index (χ0) is 11.6. The molecule has 0 saturated heterocycles. The van der Waals surface area contributed by atoms with Crippen LogP contribution in [0.15, 0.2) is 24.8 Å². The van der Waals surface area contributed by atoms with Gasteiger partial charge in [-0.2, -0.15) is 0 Å². The first-order valence-corrected chi connectivity index (χ1v) is 4.98. The van der Waals surface area contributed by atoms with Crippen LogP contribution in [0.25, 0.3) is 5.57 Å².